The quantitative estimate of drug-likeness (QED) is 0.552. The summed E-state index contributed by atoms with van der Waals surface area (Å²) in [5, 5.41) is 0. The molecular weight excluding hydrogens is 392 g/mol. The van der Waals surface area contributed by atoms with E-state index in [9.17, 15) is 4.79 Å². The highest BCUT2D eigenvalue weighted by molar-refractivity contribution is 7.16. The minimum Gasteiger partial charge on any atom is -0.495 e. The molecule has 3 aromatic rings. The Bertz CT molecular complexity index is 1100. The zero-order chi connectivity index (χ0) is 21.0. The van der Waals surface area contributed by atoms with Gasteiger partial charge in [0, 0.05) is 12.1 Å². The van der Waals surface area contributed by atoms with Crippen LogP contribution in [0.15, 0.2) is 48.0 Å². The molecule has 0 aliphatic heterocycles. The molecule has 1 amide bonds. The molecule has 3 rings (SSSR count). The molecule has 1 heterocycles. The summed E-state index contributed by atoms with van der Waals surface area (Å²) in [6.45, 7) is 4.30. The fraction of sp³-hybridized carbons (Fsp3) is 0.238. The number of para-hydroxylation sites is 1. The van der Waals surface area contributed by atoms with Crippen LogP contribution in [-0.4, -0.2) is 38.9 Å². The maximum atomic E-state index is 13.0. The fourth-order valence-corrected chi connectivity index (χ4v) is 4.06. The third-order valence-electron chi connectivity index (χ3n) is 4.30. The van der Waals surface area contributed by atoms with Gasteiger partial charge in [-0.15, -0.1) is 6.58 Å². The lowest BCUT2D eigenvalue weighted by Crippen LogP contribution is -2.16. The number of benzene rings is 2. The lowest BCUT2D eigenvalue weighted by atomic mass is 10.1. The van der Waals surface area contributed by atoms with Crippen molar-refractivity contribution in [2.75, 3.05) is 28.4 Å². The molecule has 0 N–H and O–H groups in total. The molecule has 0 aliphatic rings. The van der Waals surface area contributed by atoms with Gasteiger partial charge in [-0.1, -0.05) is 23.5 Å². The van der Waals surface area contributed by atoms with Crippen LogP contribution < -0.4 is 23.7 Å². The molecule has 0 fully saturated rings. The van der Waals surface area contributed by atoms with Gasteiger partial charge in [0.25, 0.3) is 5.91 Å². The lowest BCUT2D eigenvalue weighted by molar-refractivity contribution is 0.0997. The van der Waals surface area contributed by atoms with Gasteiger partial charge in [-0.3, -0.25) is 4.79 Å². The first-order valence-electron chi connectivity index (χ1n) is 8.74. The van der Waals surface area contributed by atoms with E-state index in [-0.39, 0.29) is 0 Å². The largest absolute Gasteiger partial charge is 0.495 e. The Labute approximate surface area is 172 Å². The van der Waals surface area contributed by atoms with E-state index < -0.39 is 5.91 Å². The SMILES string of the molecule is C=CCn1c(=NC(=O)c2cc(OC)c(OC)c(OC)c2)sc2cccc(OC)c21. The van der Waals surface area contributed by atoms with E-state index in [4.69, 9.17) is 18.9 Å². The fourth-order valence-electron chi connectivity index (χ4n) is 3.00. The Hall–Kier alpha value is -3.26. The van der Waals surface area contributed by atoms with Crippen LogP contribution in [-0.2, 0) is 6.54 Å². The van der Waals surface area contributed by atoms with Gasteiger partial charge in [-0.25, -0.2) is 0 Å². The summed E-state index contributed by atoms with van der Waals surface area (Å²) in [6.07, 6.45) is 1.75. The third-order valence-corrected chi connectivity index (χ3v) is 5.35. The average molecular weight is 414 g/mol. The van der Waals surface area contributed by atoms with Gasteiger partial charge in [-0.05, 0) is 24.3 Å². The monoisotopic (exact) mass is 414 g/mol. The molecule has 1 aromatic heterocycles. The third kappa shape index (κ3) is 3.84. The molecule has 7 nitrogen and oxygen atoms in total. The van der Waals surface area contributed by atoms with Crippen LogP contribution in [0.3, 0.4) is 0 Å². The van der Waals surface area contributed by atoms with Gasteiger partial charge in [0.05, 0.1) is 33.1 Å². The van der Waals surface area contributed by atoms with E-state index in [2.05, 4.69) is 11.6 Å². The van der Waals surface area contributed by atoms with E-state index in [0.29, 0.717) is 39.9 Å². The molecule has 0 spiro atoms. The highest BCUT2D eigenvalue weighted by Crippen LogP contribution is 2.38. The van der Waals surface area contributed by atoms with Crippen LogP contribution >= 0.6 is 11.3 Å². The molecule has 0 saturated heterocycles. The summed E-state index contributed by atoms with van der Waals surface area (Å²) >= 11 is 1.40. The summed E-state index contributed by atoms with van der Waals surface area (Å²) < 4.78 is 24.3. The summed E-state index contributed by atoms with van der Waals surface area (Å²) in [7, 11) is 6.12. The van der Waals surface area contributed by atoms with Crippen molar-refractivity contribution in [1.29, 1.82) is 0 Å². The molecule has 0 atom stereocenters. The molecule has 2 aromatic carbocycles. The Kier molecular flexibility index (Phi) is 6.23. The number of thiazole rings is 1. The standard InChI is InChI=1S/C21H22N2O5S/c1-6-10-23-18-14(25-2)8-7-9-17(18)29-21(23)22-20(24)13-11-15(26-3)19(28-5)16(12-13)27-4/h6-9,11-12H,1,10H2,2-5H3. The molecule has 152 valence electrons. The number of allylic oxidation sites excluding steroid dienone is 1. The van der Waals surface area contributed by atoms with Crippen molar-refractivity contribution in [3.05, 3.63) is 53.4 Å². The van der Waals surface area contributed by atoms with Crippen molar-refractivity contribution < 1.29 is 23.7 Å². The van der Waals surface area contributed by atoms with Gasteiger partial charge < -0.3 is 23.5 Å². The van der Waals surface area contributed by atoms with Crippen molar-refractivity contribution in [2.45, 2.75) is 6.54 Å². The Morgan fingerprint density at radius 1 is 1.07 bits per heavy atom. The van der Waals surface area contributed by atoms with Crippen LogP contribution in [0, 0.1) is 0 Å². The van der Waals surface area contributed by atoms with Crippen LogP contribution in [0.1, 0.15) is 10.4 Å². The highest BCUT2D eigenvalue weighted by atomic mass is 32.1. The summed E-state index contributed by atoms with van der Waals surface area (Å²) in [4.78, 5) is 17.9. The Morgan fingerprint density at radius 3 is 2.28 bits per heavy atom. The van der Waals surface area contributed by atoms with Crippen molar-refractivity contribution in [1.82, 2.24) is 4.57 Å². The predicted molar refractivity (Wildman–Crippen MR) is 113 cm³/mol. The minimum absolute atomic E-state index is 0.328. The van der Waals surface area contributed by atoms with Gasteiger partial charge in [-0.2, -0.15) is 4.99 Å². The van der Waals surface area contributed by atoms with Gasteiger partial charge in [0.1, 0.15) is 11.3 Å². The van der Waals surface area contributed by atoms with Crippen molar-refractivity contribution in [2.24, 2.45) is 4.99 Å². The number of fused-ring (bicyclic) bond motifs is 1. The summed E-state index contributed by atoms with van der Waals surface area (Å²) in [5.41, 5.74) is 1.20. The average Bonchev–Trinajstić information content (AvgIpc) is 3.09. The van der Waals surface area contributed by atoms with E-state index >= 15 is 0 Å². The number of carbonyl (C=O) groups excluding carboxylic acids is 1. The molecule has 0 aliphatic carbocycles. The van der Waals surface area contributed by atoms with Crippen LogP contribution in [0.2, 0.25) is 0 Å². The van der Waals surface area contributed by atoms with E-state index in [1.165, 1.54) is 32.7 Å². The van der Waals surface area contributed by atoms with E-state index in [1.54, 1.807) is 25.3 Å². The number of aromatic nitrogens is 1. The smallest absolute Gasteiger partial charge is 0.279 e. The lowest BCUT2D eigenvalue weighted by Gasteiger charge is -2.12. The first-order chi connectivity index (χ1) is 14.1. The number of ether oxygens (including phenoxy) is 4. The number of rotatable bonds is 7. The number of carbonyl (C=O) groups is 1. The van der Waals surface area contributed by atoms with E-state index in [1.807, 2.05) is 22.8 Å². The van der Waals surface area contributed by atoms with Crippen molar-refractivity contribution >= 4 is 27.5 Å². The van der Waals surface area contributed by atoms with Crippen molar-refractivity contribution in [3.8, 4) is 23.0 Å². The van der Waals surface area contributed by atoms with E-state index in [0.717, 1.165) is 10.2 Å². The zero-order valence-electron chi connectivity index (χ0n) is 16.7. The van der Waals surface area contributed by atoms with Crippen LogP contribution in [0.25, 0.3) is 10.2 Å². The summed E-state index contributed by atoms with van der Waals surface area (Å²) in [6, 6.07) is 8.91. The first kappa shape index (κ1) is 20.5. The first-order valence-corrected chi connectivity index (χ1v) is 9.55. The number of hydrogen-bond acceptors (Lipinski definition) is 6. The maximum Gasteiger partial charge on any atom is 0.279 e. The normalized spacial score (nSPS) is 11.4. The highest BCUT2D eigenvalue weighted by Gasteiger charge is 2.18. The molecule has 0 radical (unpaired) electrons. The Balaban J connectivity index is 2.18. The molecule has 8 heteroatoms. The molecule has 0 saturated carbocycles. The van der Waals surface area contributed by atoms with Crippen LogP contribution in [0.5, 0.6) is 23.0 Å². The molecule has 0 unspecified atom stereocenters. The second kappa shape index (κ2) is 8.83. The number of amides is 1. The minimum atomic E-state index is -0.424. The number of hydrogen-bond donors (Lipinski definition) is 0. The second-order valence-corrected chi connectivity index (χ2v) is 6.93. The molecule has 0 bridgehead atoms. The number of nitrogens with zero attached hydrogens (tertiary/aromatic N) is 2. The van der Waals surface area contributed by atoms with Crippen molar-refractivity contribution in [3.63, 3.8) is 0 Å². The van der Waals surface area contributed by atoms with Gasteiger partial charge in [0.15, 0.2) is 16.3 Å². The van der Waals surface area contributed by atoms with Gasteiger partial charge >= 0.3 is 0 Å². The topological polar surface area (TPSA) is 71.3 Å². The maximum absolute atomic E-state index is 13.0. The van der Waals surface area contributed by atoms with Crippen LogP contribution in [0.4, 0.5) is 0 Å². The Morgan fingerprint density at radius 2 is 1.72 bits per heavy atom. The predicted octanol–water partition coefficient (Wildman–Crippen LogP) is 3.66. The number of methoxy groups -OCH3 is 4. The summed E-state index contributed by atoms with van der Waals surface area (Å²) in [5.74, 6) is 1.49. The zero-order valence-corrected chi connectivity index (χ0v) is 17.5. The second-order valence-electron chi connectivity index (χ2n) is 5.92. The molecule has 29 heavy (non-hydrogen) atoms. The molecular formula is C21H22N2O5S. The van der Waals surface area contributed by atoms with Gasteiger partial charge in [0.2, 0.25) is 5.75 Å².